The van der Waals surface area contributed by atoms with Crippen LogP contribution in [0, 0.1) is 17.4 Å². The highest BCUT2D eigenvalue weighted by Gasteiger charge is 2.14. The van der Waals surface area contributed by atoms with E-state index >= 15 is 0 Å². The summed E-state index contributed by atoms with van der Waals surface area (Å²) in [6.07, 6.45) is 1.52. The van der Waals surface area contributed by atoms with Gasteiger partial charge in [-0.3, -0.25) is 0 Å². The zero-order chi connectivity index (χ0) is 13.3. The Morgan fingerprint density at radius 2 is 2.06 bits per heavy atom. The van der Waals surface area contributed by atoms with Crippen LogP contribution < -0.4 is 0 Å². The molecule has 0 radical (unpaired) electrons. The van der Waals surface area contributed by atoms with Gasteiger partial charge in [0.25, 0.3) is 0 Å². The molecule has 2 nitrogen and oxygen atoms in total. The lowest BCUT2D eigenvalue weighted by Crippen LogP contribution is -2.00. The van der Waals surface area contributed by atoms with Gasteiger partial charge in [-0.05, 0) is 25.0 Å². The minimum Gasteiger partial charge on any atom is -0.345 e. The monoisotopic (exact) mass is 262 g/mol. The fourth-order valence-corrected chi connectivity index (χ4v) is 2.39. The standard InChI is InChI=1S/C14H15FN2S/c1-8(2)12-13(16-7-17-14(12)18)10-6-9(3)4-5-11(10)15/h4-8H,1-3H3,(H,16,17,18). The van der Waals surface area contributed by atoms with Crippen molar-refractivity contribution in [3.63, 3.8) is 0 Å². The van der Waals surface area contributed by atoms with Gasteiger partial charge in [-0.15, -0.1) is 0 Å². The maximum absolute atomic E-state index is 14.0. The lowest BCUT2D eigenvalue weighted by atomic mass is 9.97. The summed E-state index contributed by atoms with van der Waals surface area (Å²) in [5, 5.41) is 0. The molecule has 1 N–H and O–H groups in total. The van der Waals surface area contributed by atoms with E-state index in [1.807, 2.05) is 26.8 Å². The third-order valence-corrected chi connectivity index (χ3v) is 3.18. The number of hydrogen-bond acceptors (Lipinski definition) is 2. The molecular weight excluding hydrogens is 247 g/mol. The molecule has 0 unspecified atom stereocenters. The molecule has 0 saturated heterocycles. The van der Waals surface area contributed by atoms with Gasteiger partial charge in [0.1, 0.15) is 10.5 Å². The summed E-state index contributed by atoms with van der Waals surface area (Å²) in [6, 6.07) is 5.05. The van der Waals surface area contributed by atoms with Crippen LogP contribution in [0.25, 0.3) is 11.3 Å². The van der Waals surface area contributed by atoms with Gasteiger partial charge in [0.2, 0.25) is 0 Å². The maximum Gasteiger partial charge on any atom is 0.133 e. The van der Waals surface area contributed by atoms with Gasteiger partial charge in [0, 0.05) is 11.1 Å². The number of aromatic nitrogens is 2. The molecule has 0 aliphatic rings. The predicted molar refractivity (Wildman–Crippen MR) is 73.6 cm³/mol. The Morgan fingerprint density at radius 3 is 2.72 bits per heavy atom. The van der Waals surface area contributed by atoms with Crippen LogP contribution in [0.15, 0.2) is 24.5 Å². The van der Waals surface area contributed by atoms with Crippen LogP contribution in [0.2, 0.25) is 0 Å². The van der Waals surface area contributed by atoms with E-state index in [0.29, 0.717) is 10.2 Å². The number of aryl methyl sites for hydroxylation is 1. The number of nitrogens with zero attached hydrogens (tertiary/aromatic N) is 1. The number of halogens is 1. The Labute approximate surface area is 111 Å². The van der Waals surface area contributed by atoms with E-state index in [1.54, 1.807) is 6.07 Å². The lowest BCUT2D eigenvalue weighted by Gasteiger charge is -2.13. The quantitative estimate of drug-likeness (QED) is 0.814. The number of nitrogens with one attached hydrogen (secondary N) is 1. The van der Waals surface area contributed by atoms with Crippen LogP contribution in [-0.4, -0.2) is 9.97 Å². The van der Waals surface area contributed by atoms with Crippen molar-refractivity contribution in [3.05, 3.63) is 46.1 Å². The summed E-state index contributed by atoms with van der Waals surface area (Å²) in [4.78, 5) is 7.10. The van der Waals surface area contributed by atoms with Crippen molar-refractivity contribution < 1.29 is 4.39 Å². The molecule has 1 aromatic heterocycles. The molecule has 18 heavy (non-hydrogen) atoms. The average Bonchev–Trinajstić information content (AvgIpc) is 2.31. The Bertz CT molecular complexity index is 632. The van der Waals surface area contributed by atoms with Gasteiger partial charge in [-0.1, -0.05) is 37.7 Å². The SMILES string of the molecule is Cc1ccc(F)c(-c2[nH]cnc(=S)c2C(C)C)c1. The second-order valence-electron chi connectivity index (χ2n) is 4.63. The van der Waals surface area contributed by atoms with Gasteiger partial charge in [0.05, 0.1) is 12.0 Å². The number of benzene rings is 1. The molecule has 1 aromatic carbocycles. The predicted octanol–water partition coefficient (Wildman–Crippen LogP) is 4.38. The number of H-pyrrole nitrogens is 1. The zero-order valence-corrected chi connectivity index (χ0v) is 11.4. The van der Waals surface area contributed by atoms with Crippen molar-refractivity contribution in [1.29, 1.82) is 0 Å². The highest BCUT2D eigenvalue weighted by molar-refractivity contribution is 7.71. The summed E-state index contributed by atoms with van der Waals surface area (Å²) in [5.41, 5.74) is 3.17. The third kappa shape index (κ3) is 2.34. The van der Waals surface area contributed by atoms with Crippen molar-refractivity contribution in [3.8, 4) is 11.3 Å². The first-order valence-corrected chi connectivity index (χ1v) is 6.25. The first kappa shape index (κ1) is 12.9. The normalized spacial score (nSPS) is 10.9. The zero-order valence-electron chi connectivity index (χ0n) is 10.6. The summed E-state index contributed by atoms with van der Waals surface area (Å²) in [7, 11) is 0. The van der Waals surface area contributed by atoms with Gasteiger partial charge >= 0.3 is 0 Å². The van der Waals surface area contributed by atoms with E-state index in [0.717, 1.165) is 16.8 Å². The minimum absolute atomic E-state index is 0.192. The second kappa shape index (κ2) is 4.98. The van der Waals surface area contributed by atoms with E-state index in [-0.39, 0.29) is 11.7 Å². The van der Waals surface area contributed by atoms with Gasteiger partial charge in [-0.25, -0.2) is 9.37 Å². The molecular formula is C14H15FN2S. The Kier molecular flexibility index (Phi) is 3.57. The highest BCUT2D eigenvalue weighted by Crippen LogP contribution is 2.29. The van der Waals surface area contributed by atoms with Gasteiger partial charge in [-0.2, -0.15) is 0 Å². The number of aromatic amines is 1. The highest BCUT2D eigenvalue weighted by atomic mass is 32.1. The molecule has 2 rings (SSSR count). The topological polar surface area (TPSA) is 28.7 Å². The largest absolute Gasteiger partial charge is 0.345 e. The molecule has 2 aromatic rings. The molecule has 0 amide bonds. The van der Waals surface area contributed by atoms with E-state index in [1.165, 1.54) is 12.4 Å². The van der Waals surface area contributed by atoms with Crippen molar-refractivity contribution in [2.45, 2.75) is 26.7 Å². The van der Waals surface area contributed by atoms with Crippen molar-refractivity contribution >= 4 is 12.2 Å². The molecule has 94 valence electrons. The van der Waals surface area contributed by atoms with Crippen molar-refractivity contribution in [2.24, 2.45) is 0 Å². The maximum atomic E-state index is 14.0. The lowest BCUT2D eigenvalue weighted by molar-refractivity contribution is 0.629. The molecule has 4 heteroatoms. The summed E-state index contributed by atoms with van der Waals surface area (Å²) >= 11 is 5.24. The second-order valence-corrected chi connectivity index (χ2v) is 5.02. The summed E-state index contributed by atoms with van der Waals surface area (Å²) in [5.74, 6) is -0.0586. The Hall–Kier alpha value is -1.55. The molecule has 0 bridgehead atoms. The molecule has 0 spiro atoms. The minimum atomic E-state index is -0.251. The van der Waals surface area contributed by atoms with Crippen molar-refractivity contribution in [1.82, 2.24) is 9.97 Å². The smallest absolute Gasteiger partial charge is 0.133 e. The third-order valence-electron chi connectivity index (χ3n) is 2.86. The first-order valence-electron chi connectivity index (χ1n) is 5.84. The van der Waals surface area contributed by atoms with E-state index in [4.69, 9.17) is 12.2 Å². The van der Waals surface area contributed by atoms with Crippen LogP contribution in [0.4, 0.5) is 4.39 Å². The summed E-state index contributed by atoms with van der Waals surface area (Å²) < 4.78 is 14.5. The van der Waals surface area contributed by atoms with Crippen LogP contribution in [0.5, 0.6) is 0 Å². The number of rotatable bonds is 2. The Morgan fingerprint density at radius 1 is 1.33 bits per heavy atom. The average molecular weight is 262 g/mol. The summed E-state index contributed by atoms with van der Waals surface area (Å²) in [6.45, 7) is 5.99. The molecule has 0 fully saturated rings. The van der Waals surface area contributed by atoms with Gasteiger partial charge < -0.3 is 4.98 Å². The van der Waals surface area contributed by atoms with Crippen LogP contribution >= 0.6 is 12.2 Å². The van der Waals surface area contributed by atoms with Crippen LogP contribution in [-0.2, 0) is 0 Å². The van der Waals surface area contributed by atoms with E-state index in [9.17, 15) is 4.39 Å². The number of hydrogen-bond donors (Lipinski definition) is 1. The van der Waals surface area contributed by atoms with Crippen LogP contribution in [0.3, 0.4) is 0 Å². The van der Waals surface area contributed by atoms with Gasteiger partial charge in [0.15, 0.2) is 0 Å². The van der Waals surface area contributed by atoms with Crippen molar-refractivity contribution in [2.75, 3.05) is 0 Å². The Balaban J connectivity index is 2.75. The fourth-order valence-electron chi connectivity index (χ4n) is 2.00. The molecule has 0 aliphatic carbocycles. The fraction of sp³-hybridized carbons (Fsp3) is 0.286. The van der Waals surface area contributed by atoms with E-state index < -0.39 is 0 Å². The molecule has 1 heterocycles. The molecule has 0 saturated carbocycles. The van der Waals surface area contributed by atoms with E-state index in [2.05, 4.69) is 9.97 Å². The first-order chi connectivity index (χ1) is 8.50. The molecule has 0 aliphatic heterocycles. The molecule has 0 atom stereocenters. The van der Waals surface area contributed by atoms with Crippen LogP contribution in [0.1, 0.15) is 30.9 Å².